The summed E-state index contributed by atoms with van der Waals surface area (Å²) in [6.45, 7) is 3.63. The Kier molecular flexibility index (Phi) is 3.76. The zero-order valence-electron chi connectivity index (χ0n) is 11.1. The van der Waals surface area contributed by atoms with Crippen LogP contribution in [0.4, 0.5) is 13.2 Å². The maximum Gasteiger partial charge on any atom is 0.433 e. The van der Waals surface area contributed by atoms with Crippen molar-refractivity contribution in [2.75, 3.05) is 0 Å². The fourth-order valence-electron chi connectivity index (χ4n) is 1.96. The summed E-state index contributed by atoms with van der Waals surface area (Å²) in [5.41, 5.74) is 7.18. The second kappa shape index (κ2) is 5.20. The van der Waals surface area contributed by atoms with Crippen molar-refractivity contribution in [3.05, 3.63) is 47.4 Å². The van der Waals surface area contributed by atoms with Crippen LogP contribution in [-0.2, 0) is 6.18 Å². The number of halogens is 3. The van der Waals surface area contributed by atoms with Gasteiger partial charge < -0.3 is 5.73 Å². The van der Waals surface area contributed by atoms with E-state index < -0.39 is 11.9 Å². The van der Waals surface area contributed by atoms with Crippen LogP contribution < -0.4 is 5.73 Å². The third-order valence-electron chi connectivity index (χ3n) is 2.89. The first-order valence-corrected chi connectivity index (χ1v) is 6.06. The molecule has 0 saturated heterocycles. The molecule has 0 spiro atoms. The van der Waals surface area contributed by atoms with Gasteiger partial charge in [0.05, 0.1) is 11.4 Å². The van der Waals surface area contributed by atoms with E-state index in [2.05, 4.69) is 9.97 Å². The lowest BCUT2D eigenvalue weighted by atomic mass is 10.1. The minimum atomic E-state index is -4.45. The summed E-state index contributed by atoms with van der Waals surface area (Å²) in [5.74, 6) is 0. The molecule has 2 aromatic rings. The molecule has 0 aromatic carbocycles. The second-order valence-electron chi connectivity index (χ2n) is 4.62. The Bertz CT molecular complexity index is 621. The van der Waals surface area contributed by atoms with Gasteiger partial charge in [0.2, 0.25) is 0 Å². The van der Waals surface area contributed by atoms with Crippen LogP contribution >= 0.6 is 0 Å². The zero-order valence-corrected chi connectivity index (χ0v) is 11.1. The summed E-state index contributed by atoms with van der Waals surface area (Å²) < 4.78 is 37.9. The van der Waals surface area contributed by atoms with Crippen molar-refractivity contribution in [1.29, 1.82) is 0 Å². The van der Waals surface area contributed by atoms with E-state index in [1.807, 2.05) is 6.92 Å². The van der Waals surface area contributed by atoms with Crippen molar-refractivity contribution in [1.82, 2.24) is 9.97 Å². The van der Waals surface area contributed by atoms with E-state index in [1.54, 1.807) is 13.0 Å². The SMILES string of the molecule is Cc1cc(-c2cccc(C(F)(F)F)n2)cnc1[C@H](C)N. The van der Waals surface area contributed by atoms with Gasteiger partial charge in [-0.25, -0.2) is 4.98 Å². The topological polar surface area (TPSA) is 51.8 Å². The van der Waals surface area contributed by atoms with Crippen LogP contribution in [0.5, 0.6) is 0 Å². The van der Waals surface area contributed by atoms with E-state index in [0.717, 1.165) is 17.3 Å². The predicted molar refractivity (Wildman–Crippen MR) is 69.8 cm³/mol. The number of alkyl halides is 3. The summed E-state index contributed by atoms with van der Waals surface area (Å²) in [6.07, 6.45) is -2.96. The molecule has 0 aliphatic heterocycles. The van der Waals surface area contributed by atoms with Crippen molar-refractivity contribution in [3.8, 4) is 11.3 Å². The molecule has 0 bridgehead atoms. The molecule has 0 radical (unpaired) electrons. The molecule has 6 heteroatoms. The van der Waals surface area contributed by atoms with Crippen molar-refractivity contribution in [3.63, 3.8) is 0 Å². The van der Waals surface area contributed by atoms with Crippen molar-refractivity contribution in [2.45, 2.75) is 26.1 Å². The molecule has 2 rings (SSSR count). The average Bonchev–Trinajstić information content (AvgIpc) is 2.37. The fraction of sp³-hybridized carbons (Fsp3) is 0.286. The molecule has 2 heterocycles. The third-order valence-corrected chi connectivity index (χ3v) is 2.89. The van der Waals surface area contributed by atoms with E-state index >= 15 is 0 Å². The summed E-state index contributed by atoms with van der Waals surface area (Å²) in [5, 5.41) is 0. The van der Waals surface area contributed by atoms with Crippen molar-refractivity contribution < 1.29 is 13.2 Å². The van der Waals surface area contributed by atoms with Crippen LogP contribution in [0.2, 0.25) is 0 Å². The second-order valence-corrected chi connectivity index (χ2v) is 4.62. The first-order valence-electron chi connectivity index (χ1n) is 6.06. The Balaban J connectivity index is 2.45. The molecular weight excluding hydrogens is 267 g/mol. The first kappa shape index (κ1) is 14.5. The van der Waals surface area contributed by atoms with Gasteiger partial charge in [-0.2, -0.15) is 13.2 Å². The lowest BCUT2D eigenvalue weighted by Gasteiger charge is -2.11. The number of hydrogen-bond donors (Lipinski definition) is 1. The number of aryl methyl sites for hydroxylation is 1. The Labute approximate surface area is 114 Å². The molecule has 0 unspecified atom stereocenters. The van der Waals surface area contributed by atoms with Gasteiger partial charge in [0, 0.05) is 17.8 Å². The van der Waals surface area contributed by atoms with Crippen molar-refractivity contribution in [2.24, 2.45) is 5.73 Å². The van der Waals surface area contributed by atoms with Crippen LogP contribution in [0.1, 0.15) is 29.9 Å². The van der Waals surface area contributed by atoms with Gasteiger partial charge in [0.15, 0.2) is 0 Å². The monoisotopic (exact) mass is 281 g/mol. The molecule has 0 aliphatic carbocycles. The van der Waals surface area contributed by atoms with Crippen LogP contribution in [0.15, 0.2) is 30.5 Å². The van der Waals surface area contributed by atoms with Crippen LogP contribution in [-0.4, -0.2) is 9.97 Å². The van der Waals surface area contributed by atoms with Gasteiger partial charge in [-0.1, -0.05) is 6.07 Å². The van der Waals surface area contributed by atoms with Gasteiger partial charge >= 0.3 is 6.18 Å². The smallest absolute Gasteiger partial charge is 0.323 e. The number of rotatable bonds is 2. The zero-order chi connectivity index (χ0) is 14.9. The molecule has 0 fully saturated rings. The van der Waals surface area contributed by atoms with E-state index in [0.29, 0.717) is 5.56 Å². The lowest BCUT2D eigenvalue weighted by Crippen LogP contribution is -2.10. The molecule has 3 nitrogen and oxygen atoms in total. The quantitative estimate of drug-likeness (QED) is 0.916. The minimum absolute atomic E-state index is 0.224. The normalized spacial score (nSPS) is 13.3. The van der Waals surface area contributed by atoms with Crippen LogP contribution in [0.25, 0.3) is 11.3 Å². The summed E-state index contributed by atoms with van der Waals surface area (Å²) in [6, 6.07) is 5.32. The fourth-order valence-corrected chi connectivity index (χ4v) is 1.96. The van der Waals surface area contributed by atoms with Crippen LogP contribution in [0.3, 0.4) is 0 Å². The highest BCUT2D eigenvalue weighted by Crippen LogP contribution is 2.29. The van der Waals surface area contributed by atoms with Gasteiger partial charge in [-0.15, -0.1) is 0 Å². The molecule has 2 N–H and O–H groups in total. The van der Waals surface area contributed by atoms with E-state index in [4.69, 9.17) is 5.73 Å². The van der Waals surface area contributed by atoms with Gasteiger partial charge in [-0.3, -0.25) is 4.98 Å². The Hall–Kier alpha value is -1.95. The van der Waals surface area contributed by atoms with Gasteiger partial charge in [0.25, 0.3) is 0 Å². The van der Waals surface area contributed by atoms with E-state index in [9.17, 15) is 13.2 Å². The van der Waals surface area contributed by atoms with Crippen LogP contribution in [0, 0.1) is 6.92 Å². The van der Waals surface area contributed by atoms with E-state index in [1.165, 1.54) is 18.3 Å². The average molecular weight is 281 g/mol. The molecule has 0 amide bonds. The number of hydrogen-bond acceptors (Lipinski definition) is 3. The highest BCUT2D eigenvalue weighted by molar-refractivity contribution is 5.59. The number of nitrogens with zero attached hydrogens (tertiary/aromatic N) is 2. The molecule has 106 valence electrons. The predicted octanol–water partition coefficient (Wildman–Crippen LogP) is 3.49. The molecular formula is C14H14F3N3. The Morgan fingerprint density at radius 3 is 2.50 bits per heavy atom. The first-order chi connectivity index (χ1) is 9.29. The summed E-state index contributed by atoms with van der Waals surface area (Å²) in [7, 11) is 0. The third kappa shape index (κ3) is 2.96. The molecule has 2 aromatic heterocycles. The number of aromatic nitrogens is 2. The summed E-state index contributed by atoms with van der Waals surface area (Å²) in [4.78, 5) is 7.83. The Morgan fingerprint density at radius 1 is 1.25 bits per heavy atom. The molecule has 20 heavy (non-hydrogen) atoms. The van der Waals surface area contributed by atoms with E-state index in [-0.39, 0.29) is 11.7 Å². The lowest BCUT2D eigenvalue weighted by molar-refractivity contribution is -0.141. The summed E-state index contributed by atoms with van der Waals surface area (Å²) >= 11 is 0. The van der Waals surface area contributed by atoms with Gasteiger partial charge in [-0.05, 0) is 37.6 Å². The minimum Gasteiger partial charge on any atom is -0.323 e. The van der Waals surface area contributed by atoms with Gasteiger partial charge in [0.1, 0.15) is 5.69 Å². The highest BCUT2D eigenvalue weighted by atomic mass is 19.4. The molecule has 1 atom stereocenters. The number of pyridine rings is 2. The maximum absolute atomic E-state index is 12.6. The standard InChI is InChI=1S/C14H14F3N3/c1-8-6-10(7-19-13(8)9(2)18)11-4-3-5-12(20-11)14(15,16)17/h3-7,9H,18H2,1-2H3/t9-/m0/s1. The van der Waals surface area contributed by atoms with Crippen molar-refractivity contribution >= 4 is 0 Å². The molecule has 0 saturated carbocycles. The maximum atomic E-state index is 12.6. The number of nitrogens with two attached hydrogens (primary N) is 1. The molecule has 0 aliphatic rings. The highest BCUT2D eigenvalue weighted by Gasteiger charge is 2.32. The Morgan fingerprint density at radius 2 is 1.95 bits per heavy atom. The largest absolute Gasteiger partial charge is 0.433 e.